The van der Waals surface area contributed by atoms with Gasteiger partial charge in [-0.1, -0.05) is 48.5 Å². The van der Waals surface area contributed by atoms with Crippen molar-refractivity contribution in [2.24, 2.45) is 0 Å². The molecule has 5 nitrogen and oxygen atoms in total. The van der Waals surface area contributed by atoms with E-state index in [9.17, 15) is 9.59 Å². The summed E-state index contributed by atoms with van der Waals surface area (Å²) in [7, 11) is 1.45. The van der Waals surface area contributed by atoms with Gasteiger partial charge in [-0.25, -0.2) is 4.79 Å². The molecule has 142 valence electrons. The van der Waals surface area contributed by atoms with Crippen LogP contribution in [0.4, 0.5) is 0 Å². The number of hydrogen-bond donors (Lipinski definition) is 0. The molecule has 0 heterocycles. The van der Waals surface area contributed by atoms with E-state index < -0.39 is 5.97 Å². The topological polar surface area (TPSA) is 61.8 Å². The highest BCUT2D eigenvalue weighted by atomic mass is 16.6. The first-order chi connectivity index (χ1) is 13.6. The number of Topliss-reactive ketones (excluding diaryl/α,β-unsaturated/α-hetero) is 1. The van der Waals surface area contributed by atoms with Gasteiger partial charge in [-0.3, -0.25) is 4.79 Å². The van der Waals surface area contributed by atoms with Gasteiger partial charge in [0.15, 0.2) is 23.9 Å². The van der Waals surface area contributed by atoms with Gasteiger partial charge in [0, 0.05) is 11.1 Å². The van der Waals surface area contributed by atoms with Crippen molar-refractivity contribution in [3.63, 3.8) is 0 Å². The normalized spacial score (nSPS) is 10.2. The third kappa shape index (κ3) is 4.57. The summed E-state index contributed by atoms with van der Waals surface area (Å²) >= 11 is 0. The lowest BCUT2D eigenvalue weighted by Crippen LogP contribution is -2.18. The van der Waals surface area contributed by atoms with Crippen LogP contribution < -0.4 is 14.2 Å². The summed E-state index contributed by atoms with van der Waals surface area (Å²) in [6.07, 6.45) is 0. The van der Waals surface area contributed by atoms with Crippen molar-refractivity contribution in [1.29, 1.82) is 0 Å². The fraction of sp³-hybridized carbons (Fsp3) is 0.130. The first-order valence-electron chi connectivity index (χ1n) is 8.75. The quantitative estimate of drug-likeness (QED) is 0.344. The Hall–Kier alpha value is -3.60. The minimum absolute atomic E-state index is 0.1000. The predicted molar refractivity (Wildman–Crippen MR) is 106 cm³/mol. The summed E-state index contributed by atoms with van der Waals surface area (Å²) in [4.78, 5) is 23.7. The van der Waals surface area contributed by atoms with Crippen LogP contribution in [-0.2, 0) is 4.79 Å². The number of ketones is 1. The Balaban J connectivity index is 1.70. The number of para-hydroxylation sites is 1. The van der Waals surface area contributed by atoms with E-state index in [1.54, 1.807) is 12.1 Å². The Bertz CT molecular complexity index is 979. The smallest absolute Gasteiger partial charge is 0.349 e. The van der Waals surface area contributed by atoms with Crippen molar-refractivity contribution >= 4 is 11.8 Å². The molecular weight excluding hydrogens is 356 g/mol. The van der Waals surface area contributed by atoms with Crippen LogP contribution in [0.15, 0.2) is 72.8 Å². The molecule has 3 aromatic carbocycles. The molecule has 0 saturated heterocycles. The van der Waals surface area contributed by atoms with Gasteiger partial charge in [0.25, 0.3) is 0 Å². The highest BCUT2D eigenvalue weighted by Crippen LogP contribution is 2.30. The molecule has 0 aliphatic heterocycles. The van der Waals surface area contributed by atoms with Crippen LogP contribution in [0.5, 0.6) is 17.2 Å². The number of carbonyl (C=O) groups excluding carboxylic acids is 2. The maximum Gasteiger partial charge on any atom is 0.349 e. The standard InChI is InChI=1S/C23H20O5/c1-16(24)18-12-13-21(22(14-18)26-2)28-23(25)15-27-20-11-7-6-10-19(20)17-8-4-3-5-9-17/h3-14H,15H2,1-2H3. The molecule has 0 aromatic heterocycles. The second-order valence-electron chi connectivity index (χ2n) is 6.05. The molecule has 0 aliphatic rings. The third-order valence-corrected chi connectivity index (χ3v) is 4.11. The van der Waals surface area contributed by atoms with E-state index in [4.69, 9.17) is 14.2 Å². The van der Waals surface area contributed by atoms with Crippen LogP contribution in [0.1, 0.15) is 17.3 Å². The number of hydrogen-bond acceptors (Lipinski definition) is 5. The average Bonchev–Trinajstić information content (AvgIpc) is 2.73. The molecule has 0 unspecified atom stereocenters. The van der Waals surface area contributed by atoms with Gasteiger partial charge in [0.05, 0.1) is 7.11 Å². The van der Waals surface area contributed by atoms with E-state index in [0.717, 1.165) is 11.1 Å². The van der Waals surface area contributed by atoms with Gasteiger partial charge in [-0.05, 0) is 36.8 Å². The van der Waals surface area contributed by atoms with Crippen LogP contribution in [0.2, 0.25) is 0 Å². The number of carbonyl (C=O) groups is 2. The first-order valence-corrected chi connectivity index (χ1v) is 8.75. The van der Waals surface area contributed by atoms with Gasteiger partial charge < -0.3 is 14.2 Å². The summed E-state index contributed by atoms with van der Waals surface area (Å²) in [6.45, 7) is 1.19. The second-order valence-corrected chi connectivity index (χ2v) is 6.05. The van der Waals surface area contributed by atoms with Gasteiger partial charge in [0.1, 0.15) is 5.75 Å². The Labute approximate surface area is 163 Å². The number of methoxy groups -OCH3 is 1. The highest BCUT2D eigenvalue weighted by molar-refractivity contribution is 5.94. The molecular formula is C23H20O5. The molecule has 0 aliphatic carbocycles. The summed E-state index contributed by atoms with van der Waals surface area (Å²) in [5.41, 5.74) is 2.36. The van der Waals surface area contributed by atoms with Crippen molar-refractivity contribution in [2.45, 2.75) is 6.92 Å². The zero-order valence-electron chi connectivity index (χ0n) is 15.7. The maximum absolute atomic E-state index is 12.3. The Morgan fingerprint density at radius 2 is 1.54 bits per heavy atom. The lowest BCUT2D eigenvalue weighted by Gasteiger charge is -2.13. The van der Waals surface area contributed by atoms with Gasteiger partial charge in [0.2, 0.25) is 0 Å². The van der Waals surface area contributed by atoms with Gasteiger partial charge >= 0.3 is 5.97 Å². The molecule has 0 saturated carbocycles. The number of rotatable bonds is 7. The summed E-state index contributed by atoms with van der Waals surface area (Å²) in [6, 6.07) is 21.9. The van der Waals surface area contributed by atoms with Crippen molar-refractivity contribution < 1.29 is 23.8 Å². The molecule has 0 N–H and O–H groups in total. The molecule has 28 heavy (non-hydrogen) atoms. The molecule has 0 bridgehead atoms. The summed E-state index contributed by atoms with van der Waals surface area (Å²) in [5.74, 6) is 0.460. The zero-order chi connectivity index (χ0) is 19.9. The molecule has 0 radical (unpaired) electrons. The van der Waals surface area contributed by atoms with E-state index in [0.29, 0.717) is 17.1 Å². The minimum Gasteiger partial charge on any atom is -0.493 e. The van der Waals surface area contributed by atoms with E-state index in [-0.39, 0.29) is 18.1 Å². The fourth-order valence-corrected chi connectivity index (χ4v) is 2.71. The van der Waals surface area contributed by atoms with E-state index in [1.165, 1.54) is 26.2 Å². The average molecular weight is 376 g/mol. The third-order valence-electron chi connectivity index (χ3n) is 4.11. The number of esters is 1. The highest BCUT2D eigenvalue weighted by Gasteiger charge is 2.14. The van der Waals surface area contributed by atoms with Gasteiger partial charge in [-0.15, -0.1) is 0 Å². The molecule has 0 atom stereocenters. The molecule has 0 fully saturated rings. The molecule has 3 rings (SSSR count). The molecule has 5 heteroatoms. The predicted octanol–water partition coefficient (Wildman–Crippen LogP) is 4.55. The largest absolute Gasteiger partial charge is 0.493 e. The number of ether oxygens (including phenoxy) is 3. The van der Waals surface area contributed by atoms with Gasteiger partial charge in [-0.2, -0.15) is 0 Å². The maximum atomic E-state index is 12.3. The Morgan fingerprint density at radius 3 is 2.25 bits per heavy atom. The van der Waals surface area contributed by atoms with Crippen molar-refractivity contribution in [3.05, 3.63) is 78.4 Å². The van der Waals surface area contributed by atoms with Crippen LogP contribution in [-0.4, -0.2) is 25.5 Å². The van der Waals surface area contributed by atoms with Crippen LogP contribution in [0, 0.1) is 0 Å². The van der Waals surface area contributed by atoms with Crippen molar-refractivity contribution in [2.75, 3.05) is 13.7 Å². The second kappa shape index (κ2) is 8.86. The van der Waals surface area contributed by atoms with E-state index in [2.05, 4.69) is 0 Å². The fourth-order valence-electron chi connectivity index (χ4n) is 2.71. The molecule has 0 spiro atoms. The Morgan fingerprint density at radius 1 is 0.821 bits per heavy atom. The van der Waals surface area contributed by atoms with E-state index in [1.807, 2.05) is 48.5 Å². The summed E-state index contributed by atoms with van der Waals surface area (Å²) in [5, 5.41) is 0. The lowest BCUT2D eigenvalue weighted by atomic mass is 10.1. The van der Waals surface area contributed by atoms with Crippen molar-refractivity contribution in [1.82, 2.24) is 0 Å². The monoisotopic (exact) mass is 376 g/mol. The van der Waals surface area contributed by atoms with Crippen LogP contribution in [0.25, 0.3) is 11.1 Å². The SMILES string of the molecule is COc1cc(C(C)=O)ccc1OC(=O)COc1ccccc1-c1ccccc1. The molecule has 0 amide bonds. The first kappa shape index (κ1) is 19.2. The Kier molecular flexibility index (Phi) is 6.07. The van der Waals surface area contributed by atoms with Crippen molar-refractivity contribution in [3.8, 4) is 28.4 Å². The van der Waals surface area contributed by atoms with Crippen LogP contribution >= 0.6 is 0 Å². The lowest BCUT2D eigenvalue weighted by molar-refractivity contribution is -0.136. The zero-order valence-corrected chi connectivity index (χ0v) is 15.7. The minimum atomic E-state index is -0.572. The molecule has 3 aromatic rings. The summed E-state index contributed by atoms with van der Waals surface area (Å²) < 4.78 is 16.2. The van der Waals surface area contributed by atoms with Crippen LogP contribution in [0.3, 0.4) is 0 Å². The number of benzene rings is 3. The van der Waals surface area contributed by atoms with E-state index >= 15 is 0 Å².